The maximum absolute atomic E-state index is 12.0. The van der Waals surface area contributed by atoms with Gasteiger partial charge in [-0.2, -0.15) is 0 Å². The summed E-state index contributed by atoms with van der Waals surface area (Å²) in [5, 5.41) is 18.7. The predicted octanol–water partition coefficient (Wildman–Crippen LogP) is 5.13. The Labute approximate surface area is 203 Å². The molecule has 8 heteroatoms. The van der Waals surface area contributed by atoms with E-state index >= 15 is 0 Å². The first-order chi connectivity index (χ1) is 16.6. The van der Waals surface area contributed by atoms with Crippen molar-refractivity contribution in [2.75, 3.05) is 21.3 Å². The first-order valence-corrected chi connectivity index (χ1v) is 10.7. The molecule has 186 valence electrons. The highest BCUT2D eigenvalue weighted by atomic mass is 16.5. The molecule has 3 aromatic rings. The Morgan fingerprint density at radius 1 is 1.00 bits per heavy atom. The number of methoxy groups -OCH3 is 3. The quantitative estimate of drug-likeness (QED) is 0.352. The number of aryl methyl sites for hydroxylation is 1. The highest BCUT2D eigenvalue weighted by Gasteiger charge is 2.17. The van der Waals surface area contributed by atoms with Crippen molar-refractivity contribution < 1.29 is 33.6 Å². The lowest BCUT2D eigenvalue weighted by atomic mass is 10.0. The van der Waals surface area contributed by atoms with E-state index in [0.717, 1.165) is 22.8 Å². The van der Waals surface area contributed by atoms with E-state index in [0.29, 0.717) is 35.0 Å². The lowest BCUT2D eigenvalue weighted by Crippen LogP contribution is -2.04. The second-order valence-electron chi connectivity index (χ2n) is 7.77. The van der Waals surface area contributed by atoms with Crippen LogP contribution < -0.4 is 19.6 Å². The van der Waals surface area contributed by atoms with Gasteiger partial charge in [-0.3, -0.25) is 4.79 Å². The molecule has 2 aromatic carbocycles. The molecule has 0 fully saturated rings. The van der Waals surface area contributed by atoms with Crippen LogP contribution in [0, 0.1) is 6.92 Å². The van der Waals surface area contributed by atoms with Crippen LogP contribution in [0.25, 0.3) is 17.0 Å². The van der Waals surface area contributed by atoms with Gasteiger partial charge in [-0.1, -0.05) is 17.7 Å². The molecule has 1 heterocycles. The SMILES string of the molecule is COc1cc(O)c2c(=O)cc(C)oc2c1CC=C(C)C.COc1ccc(C=CC(=O)O)cc1OC. The van der Waals surface area contributed by atoms with Crippen LogP contribution in [0.5, 0.6) is 23.0 Å². The van der Waals surface area contributed by atoms with Gasteiger partial charge in [0.1, 0.15) is 28.2 Å². The van der Waals surface area contributed by atoms with E-state index in [2.05, 4.69) is 0 Å². The molecule has 0 aliphatic rings. The van der Waals surface area contributed by atoms with Gasteiger partial charge >= 0.3 is 5.97 Å². The molecular formula is C27H30O8. The zero-order valence-electron chi connectivity index (χ0n) is 20.7. The number of hydrogen-bond donors (Lipinski definition) is 2. The number of fused-ring (bicyclic) bond motifs is 1. The summed E-state index contributed by atoms with van der Waals surface area (Å²) in [7, 11) is 4.60. The minimum atomic E-state index is -0.982. The zero-order chi connectivity index (χ0) is 26.1. The van der Waals surface area contributed by atoms with Crippen molar-refractivity contribution in [3.63, 3.8) is 0 Å². The average Bonchev–Trinajstić information content (AvgIpc) is 2.81. The summed E-state index contributed by atoms with van der Waals surface area (Å²) >= 11 is 0. The lowest BCUT2D eigenvalue weighted by molar-refractivity contribution is -0.131. The van der Waals surface area contributed by atoms with E-state index < -0.39 is 5.97 Å². The van der Waals surface area contributed by atoms with Gasteiger partial charge in [0.15, 0.2) is 16.9 Å². The number of hydrogen-bond acceptors (Lipinski definition) is 7. The molecule has 2 N–H and O–H groups in total. The van der Waals surface area contributed by atoms with E-state index in [4.69, 9.17) is 23.7 Å². The van der Waals surface area contributed by atoms with E-state index in [-0.39, 0.29) is 16.6 Å². The maximum Gasteiger partial charge on any atom is 0.328 e. The summed E-state index contributed by atoms with van der Waals surface area (Å²) in [5.41, 5.74) is 2.81. The fourth-order valence-electron chi connectivity index (χ4n) is 3.27. The topological polar surface area (TPSA) is 115 Å². The van der Waals surface area contributed by atoms with Crippen molar-refractivity contribution in [1.29, 1.82) is 0 Å². The van der Waals surface area contributed by atoms with Crippen LogP contribution in [0.2, 0.25) is 0 Å². The van der Waals surface area contributed by atoms with Crippen LogP contribution in [0.3, 0.4) is 0 Å². The predicted molar refractivity (Wildman–Crippen MR) is 135 cm³/mol. The second-order valence-corrected chi connectivity index (χ2v) is 7.77. The molecule has 0 aliphatic heterocycles. The van der Waals surface area contributed by atoms with Crippen molar-refractivity contribution >= 4 is 23.0 Å². The molecule has 0 saturated heterocycles. The highest BCUT2D eigenvalue weighted by Crippen LogP contribution is 2.34. The third-order valence-corrected chi connectivity index (χ3v) is 4.93. The Kier molecular flexibility index (Phi) is 9.52. The van der Waals surface area contributed by atoms with Gasteiger partial charge in [0.2, 0.25) is 0 Å². The highest BCUT2D eigenvalue weighted by molar-refractivity contribution is 5.88. The number of allylic oxidation sites excluding steroid dienone is 2. The summed E-state index contributed by atoms with van der Waals surface area (Å²) in [6.45, 7) is 5.70. The molecule has 0 unspecified atom stereocenters. The Bertz CT molecular complexity index is 1310. The largest absolute Gasteiger partial charge is 0.507 e. The van der Waals surface area contributed by atoms with Crippen LogP contribution >= 0.6 is 0 Å². The molecular weight excluding hydrogens is 452 g/mol. The third-order valence-electron chi connectivity index (χ3n) is 4.93. The van der Waals surface area contributed by atoms with Gasteiger partial charge in [0.25, 0.3) is 0 Å². The minimum Gasteiger partial charge on any atom is -0.507 e. The van der Waals surface area contributed by atoms with Gasteiger partial charge in [0.05, 0.1) is 21.3 Å². The number of carboxylic acids is 1. The molecule has 8 nitrogen and oxygen atoms in total. The van der Waals surface area contributed by atoms with Crippen molar-refractivity contribution in [3.05, 3.63) is 75.2 Å². The molecule has 0 aliphatic carbocycles. The number of carbonyl (C=O) groups is 1. The van der Waals surface area contributed by atoms with Crippen LogP contribution in [-0.4, -0.2) is 37.5 Å². The molecule has 0 spiro atoms. The Hall–Kier alpha value is -4.20. The normalized spacial score (nSPS) is 10.5. The number of rotatable bonds is 7. The Balaban J connectivity index is 0.000000258. The second kappa shape index (κ2) is 12.3. The summed E-state index contributed by atoms with van der Waals surface area (Å²) < 4.78 is 21.1. The molecule has 3 rings (SSSR count). The molecule has 0 amide bonds. The van der Waals surface area contributed by atoms with Gasteiger partial charge in [-0.25, -0.2) is 4.79 Å². The molecule has 0 atom stereocenters. The summed E-state index contributed by atoms with van der Waals surface area (Å²) in [6, 6.07) is 8.02. The standard InChI is InChI=1S/C16H18O4.C11H12O4/c1-9(2)5-6-11-14(19-4)8-13(18)15-12(17)7-10(3)20-16(11)15;1-14-9-5-3-8(4-6-11(12)13)7-10(9)15-2/h5,7-8,18H,6H2,1-4H3;3-7H,1-2H3,(H,12,13). The first-order valence-electron chi connectivity index (χ1n) is 10.7. The molecule has 35 heavy (non-hydrogen) atoms. The van der Waals surface area contributed by atoms with Gasteiger partial charge < -0.3 is 28.8 Å². The summed E-state index contributed by atoms with van der Waals surface area (Å²) in [4.78, 5) is 22.3. The number of phenols is 1. The van der Waals surface area contributed by atoms with Crippen molar-refractivity contribution in [2.24, 2.45) is 0 Å². The van der Waals surface area contributed by atoms with E-state index in [9.17, 15) is 14.7 Å². The van der Waals surface area contributed by atoms with Gasteiger partial charge in [-0.15, -0.1) is 0 Å². The average molecular weight is 483 g/mol. The fourth-order valence-corrected chi connectivity index (χ4v) is 3.27. The monoisotopic (exact) mass is 482 g/mol. The molecule has 0 bridgehead atoms. The number of benzene rings is 2. The number of carboxylic acid groups (broad SMARTS) is 1. The molecule has 1 aromatic heterocycles. The lowest BCUT2D eigenvalue weighted by Gasteiger charge is -2.11. The third kappa shape index (κ3) is 7.14. The van der Waals surface area contributed by atoms with Gasteiger partial charge in [0, 0.05) is 23.8 Å². The summed E-state index contributed by atoms with van der Waals surface area (Å²) in [5.74, 6) is 1.11. The molecule has 0 saturated carbocycles. The van der Waals surface area contributed by atoms with Crippen LogP contribution in [0.15, 0.2) is 57.3 Å². The number of aromatic hydroxyl groups is 1. The zero-order valence-corrected chi connectivity index (χ0v) is 20.7. The van der Waals surface area contributed by atoms with E-state index in [1.165, 1.54) is 32.4 Å². The van der Waals surface area contributed by atoms with Crippen molar-refractivity contribution in [2.45, 2.75) is 27.2 Å². The fraction of sp³-hybridized carbons (Fsp3) is 0.259. The Morgan fingerprint density at radius 3 is 2.23 bits per heavy atom. The smallest absolute Gasteiger partial charge is 0.328 e. The van der Waals surface area contributed by atoms with E-state index in [1.807, 2.05) is 19.9 Å². The molecule has 0 radical (unpaired) electrons. The van der Waals surface area contributed by atoms with Gasteiger partial charge in [-0.05, 0) is 51.0 Å². The minimum absolute atomic E-state index is 0.119. The van der Waals surface area contributed by atoms with Crippen molar-refractivity contribution in [1.82, 2.24) is 0 Å². The van der Waals surface area contributed by atoms with Crippen LogP contribution in [0.4, 0.5) is 0 Å². The first kappa shape index (κ1) is 27.0. The Morgan fingerprint density at radius 2 is 1.66 bits per heavy atom. The van der Waals surface area contributed by atoms with E-state index in [1.54, 1.807) is 32.2 Å². The number of ether oxygens (including phenoxy) is 3. The van der Waals surface area contributed by atoms with Crippen molar-refractivity contribution in [3.8, 4) is 23.0 Å². The maximum atomic E-state index is 12.0. The van der Waals surface area contributed by atoms with Crippen LogP contribution in [0.1, 0.15) is 30.7 Å². The summed E-state index contributed by atoms with van der Waals surface area (Å²) in [6.07, 6.45) is 5.16. The van der Waals surface area contributed by atoms with Crippen LogP contribution in [-0.2, 0) is 11.2 Å². The number of phenolic OH excluding ortho intramolecular Hbond substituents is 1. The number of aliphatic carboxylic acids is 1.